The Morgan fingerprint density at radius 3 is 2.71 bits per heavy atom. The lowest BCUT2D eigenvalue weighted by Crippen LogP contribution is -2.36. The van der Waals surface area contributed by atoms with Crippen LogP contribution in [-0.4, -0.2) is 37.2 Å². The van der Waals surface area contributed by atoms with Crippen LogP contribution >= 0.6 is 0 Å². The first-order valence-electron chi connectivity index (χ1n) is 8.21. The summed E-state index contributed by atoms with van der Waals surface area (Å²) in [5.41, 5.74) is 1.31. The van der Waals surface area contributed by atoms with Gasteiger partial charge >= 0.3 is 0 Å². The van der Waals surface area contributed by atoms with Gasteiger partial charge in [-0.05, 0) is 50.4 Å². The van der Waals surface area contributed by atoms with E-state index in [2.05, 4.69) is 56.2 Å². The van der Waals surface area contributed by atoms with Gasteiger partial charge < -0.3 is 15.0 Å². The van der Waals surface area contributed by atoms with Gasteiger partial charge in [0.2, 0.25) is 0 Å². The zero-order valence-corrected chi connectivity index (χ0v) is 13.9. The van der Waals surface area contributed by atoms with Gasteiger partial charge in [-0.1, -0.05) is 26.0 Å². The highest BCUT2D eigenvalue weighted by Gasteiger charge is 2.19. The van der Waals surface area contributed by atoms with E-state index >= 15 is 0 Å². The monoisotopic (exact) mass is 290 g/mol. The highest BCUT2D eigenvalue weighted by atomic mass is 16.5. The van der Waals surface area contributed by atoms with Gasteiger partial charge in [0, 0.05) is 25.2 Å². The lowest BCUT2D eigenvalue weighted by Gasteiger charge is -2.27. The van der Waals surface area contributed by atoms with E-state index in [1.54, 1.807) is 0 Å². The molecular formula is C18H30N2O. The molecule has 118 valence electrons. The number of benzene rings is 1. The normalized spacial score (nSPS) is 16.5. The van der Waals surface area contributed by atoms with Crippen molar-refractivity contribution in [3.63, 3.8) is 0 Å². The van der Waals surface area contributed by atoms with Gasteiger partial charge in [-0.15, -0.1) is 0 Å². The molecule has 0 amide bonds. The van der Waals surface area contributed by atoms with E-state index < -0.39 is 0 Å². The third kappa shape index (κ3) is 5.68. The van der Waals surface area contributed by atoms with Crippen molar-refractivity contribution in [1.29, 1.82) is 0 Å². The summed E-state index contributed by atoms with van der Waals surface area (Å²) in [5, 5.41) is 3.54. The summed E-state index contributed by atoms with van der Waals surface area (Å²) in [7, 11) is 2.17. The average Bonchev–Trinajstić information content (AvgIpc) is 3.28. The Morgan fingerprint density at radius 2 is 2.05 bits per heavy atom. The predicted molar refractivity (Wildman–Crippen MR) is 88.7 cm³/mol. The number of ether oxygens (including phenoxy) is 1. The minimum Gasteiger partial charge on any atom is -0.492 e. The summed E-state index contributed by atoms with van der Waals surface area (Å²) in [6.45, 7) is 9.45. The summed E-state index contributed by atoms with van der Waals surface area (Å²) < 4.78 is 5.90. The van der Waals surface area contributed by atoms with Crippen molar-refractivity contribution < 1.29 is 4.74 Å². The number of hydrogen-bond donors (Lipinski definition) is 1. The van der Waals surface area contributed by atoms with Crippen molar-refractivity contribution in [2.75, 3.05) is 20.2 Å². The molecule has 1 aromatic carbocycles. The molecule has 2 rings (SSSR count). The van der Waals surface area contributed by atoms with Crippen molar-refractivity contribution in [3.05, 3.63) is 29.8 Å². The molecule has 3 heteroatoms. The molecule has 1 aliphatic carbocycles. The average molecular weight is 290 g/mol. The molecule has 1 fully saturated rings. The van der Waals surface area contributed by atoms with Crippen molar-refractivity contribution >= 4 is 0 Å². The minimum absolute atomic E-state index is 0.586. The Hall–Kier alpha value is -1.06. The second-order valence-electron chi connectivity index (χ2n) is 6.62. The summed E-state index contributed by atoms with van der Waals surface area (Å²) in [6.07, 6.45) is 2.66. The molecule has 1 unspecified atom stereocenters. The van der Waals surface area contributed by atoms with Crippen molar-refractivity contribution in [2.24, 2.45) is 5.92 Å². The van der Waals surface area contributed by atoms with E-state index in [1.807, 2.05) is 6.07 Å². The summed E-state index contributed by atoms with van der Waals surface area (Å²) in [4.78, 5) is 2.36. The van der Waals surface area contributed by atoms with E-state index in [0.29, 0.717) is 12.0 Å². The van der Waals surface area contributed by atoms with Gasteiger partial charge in [0.25, 0.3) is 0 Å². The first kappa shape index (κ1) is 16.3. The molecule has 1 N–H and O–H groups in total. The van der Waals surface area contributed by atoms with Crippen molar-refractivity contribution in [2.45, 2.75) is 52.2 Å². The van der Waals surface area contributed by atoms with E-state index in [4.69, 9.17) is 4.74 Å². The maximum Gasteiger partial charge on any atom is 0.119 e. The first-order chi connectivity index (χ1) is 10.1. The second-order valence-corrected chi connectivity index (χ2v) is 6.62. The molecule has 1 saturated carbocycles. The summed E-state index contributed by atoms with van der Waals surface area (Å²) in [6, 6.07) is 9.78. The number of nitrogens with one attached hydrogen (secondary N) is 1. The predicted octanol–water partition coefficient (Wildman–Crippen LogP) is 3.29. The van der Waals surface area contributed by atoms with Gasteiger partial charge in [0.1, 0.15) is 12.4 Å². The molecule has 0 radical (unpaired) electrons. The smallest absolute Gasteiger partial charge is 0.119 e. The highest BCUT2D eigenvalue weighted by Crippen LogP contribution is 2.20. The van der Waals surface area contributed by atoms with E-state index in [1.165, 1.54) is 18.4 Å². The lowest BCUT2D eigenvalue weighted by atomic mass is 10.1. The van der Waals surface area contributed by atoms with Crippen LogP contribution in [0.15, 0.2) is 24.3 Å². The van der Waals surface area contributed by atoms with E-state index in [0.717, 1.165) is 31.5 Å². The maximum atomic E-state index is 5.90. The Morgan fingerprint density at radius 1 is 1.29 bits per heavy atom. The van der Waals surface area contributed by atoms with Gasteiger partial charge in [-0.2, -0.15) is 0 Å². The molecule has 0 heterocycles. The molecule has 0 spiro atoms. The molecule has 0 bridgehead atoms. The molecular weight excluding hydrogens is 260 g/mol. The molecule has 0 saturated heterocycles. The van der Waals surface area contributed by atoms with Crippen LogP contribution in [0.5, 0.6) is 5.75 Å². The summed E-state index contributed by atoms with van der Waals surface area (Å²) >= 11 is 0. The highest BCUT2D eigenvalue weighted by molar-refractivity contribution is 5.28. The Balaban J connectivity index is 1.73. The fourth-order valence-corrected chi connectivity index (χ4v) is 2.31. The van der Waals surface area contributed by atoms with Crippen LogP contribution < -0.4 is 10.1 Å². The van der Waals surface area contributed by atoms with Crippen LogP contribution in [0.1, 0.15) is 39.2 Å². The van der Waals surface area contributed by atoms with Gasteiger partial charge in [0.15, 0.2) is 0 Å². The van der Waals surface area contributed by atoms with Crippen LogP contribution in [0.4, 0.5) is 0 Å². The SMILES string of the molecule is CC(C)C(C)N(C)CCOc1cccc(CNC2CC2)c1. The Kier molecular flexibility index (Phi) is 6.07. The Bertz CT molecular complexity index is 429. The maximum absolute atomic E-state index is 5.90. The fourth-order valence-electron chi connectivity index (χ4n) is 2.31. The van der Waals surface area contributed by atoms with E-state index in [9.17, 15) is 0 Å². The molecule has 1 aliphatic rings. The zero-order chi connectivity index (χ0) is 15.2. The second kappa shape index (κ2) is 7.81. The van der Waals surface area contributed by atoms with Crippen LogP contribution in [0, 0.1) is 5.92 Å². The van der Waals surface area contributed by atoms with Crippen LogP contribution in [-0.2, 0) is 6.54 Å². The standard InChI is InChI=1S/C18H30N2O/c1-14(2)15(3)20(4)10-11-21-18-7-5-6-16(12-18)13-19-17-8-9-17/h5-7,12,14-15,17,19H,8-11,13H2,1-4H3. The van der Waals surface area contributed by atoms with Crippen LogP contribution in [0.3, 0.4) is 0 Å². The summed E-state index contributed by atoms with van der Waals surface area (Å²) in [5.74, 6) is 1.66. The van der Waals surface area contributed by atoms with Crippen molar-refractivity contribution in [1.82, 2.24) is 10.2 Å². The Labute approximate surface area is 129 Å². The van der Waals surface area contributed by atoms with Crippen LogP contribution in [0.2, 0.25) is 0 Å². The number of nitrogens with zero attached hydrogens (tertiary/aromatic N) is 1. The fraction of sp³-hybridized carbons (Fsp3) is 0.667. The minimum atomic E-state index is 0.586. The quantitative estimate of drug-likeness (QED) is 0.755. The molecule has 1 atom stereocenters. The molecule has 21 heavy (non-hydrogen) atoms. The first-order valence-corrected chi connectivity index (χ1v) is 8.21. The molecule has 3 nitrogen and oxygen atoms in total. The largest absolute Gasteiger partial charge is 0.492 e. The van der Waals surface area contributed by atoms with Crippen molar-refractivity contribution in [3.8, 4) is 5.75 Å². The topological polar surface area (TPSA) is 24.5 Å². The molecule has 0 aliphatic heterocycles. The lowest BCUT2D eigenvalue weighted by molar-refractivity contribution is 0.170. The number of rotatable bonds is 9. The van der Waals surface area contributed by atoms with Gasteiger partial charge in [0.05, 0.1) is 0 Å². The zero-order valence-electron chi connectivity index (χ0n) is 13.9. The third-order valence-corrected chi connectivity index (χ3v) is 4.44. The van der Waals surface area contributed by atoms with Crippen LogP contribution in [0.25, 0.3) is 0 Å². The third-order valence-electron chi connectivity index (χ3n) is 4.44. The number of likely N-dealkylation sites (N-methyl/N-ethyl adjacent to an activating group) is 1. The molecule has 1 aromatic rings. The van der Waals surface area contributed by atoms with Gasteiger partial charge in [-0.25, -0.2) is 0 Å². The van der Waals surface area contributed by atoms with E-state index in [-0.39, 0.29) is 0 Å². The molecule has 0 aromatic heterocycles. The number of hydrogen-bond acceptors (Lipinski definition) is 3. The van der Waals surface area contributed by atoms with Gasteiger partial charge in [-0.3, -0.25) is 0 Å².